The molecule has 1 aliphatic rings. The van der Waals surface area contributed by atoms with Crippen molar-refractivity contribution < 1.29 is 5.11 Å². The SMILES string of the molecule is CC(C)(C)c1nc(C(O)C2CCCCC2)cs1. The van der Waals surface area contributed by atoms with Crippen molar-refractivity contribution in [3.63, 3.8) is 0 Å². The Balaban J connectivity index is 2.08. The van der Waals surface area contributed by atoms with Crippen LogP contribution in [0.25, 0.3) is 0 Å². The van der Waals surface area contributed by atoms with E-state index in [0.29, 0.717) is 5.92 Å². The second kappa shape index (κ2) is 5.07. The Hall–Kier alpha value is -0.410. The smallest absolute Gasteiger partial charge is 0.0996 e. The van der Waals surface area contributed by atoms with E-state index in [4.69, 9.17) is 0 Å². The van der Waals surface area contributed by atoms with Crippen molar-refractivity contribution in [3.8, 4) is 0 Å². The zero-order chi connectivity index (χ0) is 12.5. The quantitative estimate of drug-likeness (QED) is 0.862. The molecule has 0 bridgehead atoms. The van der Waals surface area contributed by atoms with Gasteiger partial charge in [-0.1, -0.05) is 40.0 Å². The summed E-state index contributed by atoms with van der Waals surface area (Å²) in [6.45, 7) is 6.51. The zero-order valence-corrected chi connectivity index (χ0v) is 11.9. The lowest BCUT2D eigenvalue weighted by Gasteiger charge is -2.25. The summed E-state index contributed by atoms with van der Waals surface area (Å²) in [5, 5.41) is 13.5. The normalized spacial score (nSPS) is 20.5. The van der Waals surface area contributed by atoms with Gasteiger partial charge >= 0.3 is 0 Å². The van der Waals surface area contributed by atoms with Crippen LogP contribution in [0.5, 0.6) is 0 Å². The minimum atomic E-state index is -0.345. The molecule has 0 radical (unpaired) electrons. The summed E-state index contributed by atoms with van der Waals surface area (Å²) in [5.41, 5.74) is 0.988. The van der Waals surface area contributed by atoms with Crippen LogP contribution >= 0.6 is 11.3 Å². The van der Waals surface area contributed by atoms with Gasteiger partial charge in [0.2, 0.25) is 0 Å². The van der Waals surface area contributed by atoms with Gasteiger partial charge in [0, 0.05) is 10.8 Å². The molecule has 0 amide bonds. The molecule has 3 heteroatoms. The third kappa shape index (κ3) is 3.08. The molecular weight excluding hydrogens is 230 g/mol. The summed E-state index contributed by atoms with van der Waals surface area (Å²) in [5.74, 6) is 0.429. The Kier molecular flexibility index (Phi) is 3.88. The molecule has 1 aromatic rings. The van der Waals surface area contributed by atoms with Gasteiger partial charge in [0.05, 0.1) is 16.8 Å². The van der Waals surface area contributed by atoms with E-state index in [1.54, 1.807) is 11.3 Å². The summed E-state index contributed by atoms with van der Waals surface area (Å²) < 4.78 is 0. The van der Waals surface area contributed by atoms with E-state index in [9.17, 15) is 5.11 Å². The molecule has 1 unspecified atom stereocenters. The minimum Gasteiger partial charge on any atom is -0.386 e. The van der Waals surface area contributed by atoms with Gasteiger partial charge in [-0.25, -0.2) is 4.98 Å². The highest BCUT2D eigenvalue weighted by molar-refractivity contribution is 7.09. The molecule has 1 aliphatic carbocycles. The van der Waals surface area contributed by atoms with Crippen LogP contribution in [0.2, 0.25) is 0 Å². The van der Waals surface area contributed by atoms with Crippen LogP contribution in [-0.2, 0) is 5.41 Å². The third-order valence-electron chi connectivity index (χ3n) is 3.56. The molecule has 0 aromatic carbocycles. The van der Waals surface area contributed by atoms with Crippen molar-refractivity contribution in [2.75, 3.05) is 0 Å². The molecule has 2 nitrogen and oxygen atoms in total. The van der Waals surface area contributed by atoms with Gasteiger partial charge in [0.25, 0.3) is 0 Å². The fourth-order valence-electron chi connectivity index (χ4n) is 2.46. The summed E-state index contributed by atoms with van der Waals surface area (Å²) in [6, 6.07) is 0. The summed E-state index contributed by atoms with van der Waals surface area (Å²) in [4.78, 5) is 4.63. The highest BCUT2D eigenvalue weighted by Crippen LogP contribution is 2.36. The molecule has 1 fully saturated rings. The van der Waals surface area contributed by atoms with Crippen LogP contribution in [0, 0.1) is 5.92 Å². The van der Waals surface area contributed by atoms with Gasteiger partial charge in [0.15, 0.2) is 0 Å². The fourth-order valence-corrected chi connectivity index (χ4v) is 3.39. The molecule has 1 aromatic heterocycles. The maximum Gasteiger partial charge on any atom is 0.0996 e. The maximum atomic E-state index is 10.4. The lowest BCUT2D eigenvalue weighted by molar-refractivity contribution is 0.0814. The van der Waals surface area contributed by atoms with Crippen molar-refractivity contribution in [2.24, 2.45) is 5.92 Å². The van der Waals surface area contributed by atoms with E-state index in [-0.39, 0.29) is 11.5 Å². The highest BCUT2D eigenvalue weighted by atomic mass is 32.1. The van der Waals surface area contributed by atoms with Gasteiger partial charge in [-0.05, 0) is 18.8 Å². The number of nitrogens with zero attached hydrogens (tertiary/aromatic N) is 1. The second-order valence-corrected chi connectivity index (χ2v) is 7.03. The Morgan fingerprint density at radius 2 is 1.94 bits per heavy atom. The summed E-state index contributed by atoms with van der Waals surface area (Å²) >= 11 is 1.68. The topological polar surface area (TPSA) is 33.1 Å². The van der Waals surface area contributed by atoms with Crippen LogP contribution in [0.3, 0.4) is 0 Å². The summed E-state index contributed by atoms with van der Waals surface area (Å²) in [7, 11) is 0. The van der Waals surface area contributed by atoms with E-state index < -0.39 is 0 Å². The van der Waals surface area contributed by atoms with Crippen LogP contribution < -0.4 is 0 Å². The third-order valence-corrected chi connectivity index (χ3v) is 4.85. The number of aliphatic hydroxyl groups excluding tert-OH is 1. The summed E-state index contributed by atoms with van der Waals surface area (Å²) in [6.07, 6.45) is 5.82. The molecule has 1 saturated carbocycles. The predicted molar refractivity (Wildman–Crippen MR) is 72.3 cm³/mol. The lowest BCUT2D eigenvalue weighted by Crippen LogP contribution is -2.17. The van der Waals surface area contributed by atoms with Crippen LogP contribution in [-0.4, -0.2) is 10.1 Å². The van der Waals surface area contributed by atoms with Crippen LogP contribution in [0.1, 0.15) is 69.7 Å². The van der Waals surface area contributed by atoms with Gasteiger partial charge in [0.1, 0.15) is 0 Å². The Morgan fingerprint density at radius 3 is 2.47 bits per heavy atom. The Labute approximate surface area is 108 Å². The van der Waals surface area contributed by atoms with Crippen molar-refractivity contribution in [2.45, 2.75) is 64.4 Å². The molecular formula is C14H23NOS. The zero-order valence-electron chi connectivity index (χ0n) is 11.1. The number of hydrogen-bond donors (Lipinski definition) is 1. The highest BCUT2D eigenvalue weighted by Gasteiger charge is 2.26. The standard InChI is InChI=1S/C14H23NOS/c1-14(2,3)13-15-11(9-17-13)12(16)10-7-5-4-6-8-10/h9-10,12,16H,4-8H2,1-3H3. The van der Waals surface area contributed by atoms with E-state index in [1.165, 1.54) is 19.3 Å². The Bertz CT molecular complexity index is 361. The largest absolute Gasteiger partial charge is 0.386 e. The molecule has 2 rings (SSSR count). The fraction of sp³-hybridized carbons (Fsp3) is 0.786. The number of aromatic nitrogens is 1. The molecule has 1 heterocycles. The average Bonchev–Trinajstić information content (AvgIpc) is 2.78. The molecule has 0 saturated heterocycles. The molecule has 1 atom stereocenters. The van der Waals surface area contributed by atoms with E-state index >= 15 is 0 Å². The average molecular weight is 253 g/mol. The lowest BCUT2D eigenvalue weighted by atomic mass is 9.84. The second-order valence-electron chi connectivity index (χ2n) is 6.17. The first-order valence-corrected chi connectivity index (χ1v) is 7.50. The first-order chi connectivity index (χ1) is 7.98. The van der Waals surface area contributed by atoms with Crippen molar-refractivity contribution in [1.82, 2.24) is 4.98 Å². The predicted octanol–water partition coefficient (Wildman–Crippen LogP) is 4.05. The molecule has 17 heavy (non-hydrogen) atoms. The first kappa shape index (κ1) is 13.0. The number of rotatable bonds is 2. The molecule has 96 valence electrons. The Morgan fingerprint density at radius 1 is 1.29 bits per heavy atom. The molecule has 0 spiro atoms. The first-order valence-electron chi connectivity index (χ1n) is 6.62. The van der Waals surface area contributed by atoms with E-state index in [2.05, 4.69) is 25.8 Å². The van der Waals surface area contributed by atoms with Crippen LogP contribution in [0.15, 0.2) is 5.38 Å². The molecule has 1 N–H and O–H groups in total. The van der Waals surface area contributed by atoms with E-state index in [0.717, 1.165) is 23.5 Å². The molecule has 0 aliphatic heterocycles. The monoisotopic (exact) mass is 253 g/mol. The van der Waals surface area contributed by atoms with Crippen molar-refractivity contribution >= 4 is 11.3 Å². The van der Waals surface area contributed by atoms with Crippen LogP contribution in [0.4, 0.5) is 0 Å². The minimum absolute atomic E-state index is 0.0925. The van der Waals surface area contributed by atoms with Gasteiger partial charge in [-0.15, -0.1) is 11.3 Å². The van der Waals surface area contributed by atoms with Crippen molar-refractivity contribution in [3.05, 3.63) is 16.1 Å². The van der Waals surface area contributed by atoms with Gasteiger partial charge in [-0.3, -0.25) is 0 Å². The number of aliphatic hydroxyl groups is 1. The van der Waals surface area contributed by atoms with E-state index in [1.807, 2.05) is 5.38 Å². The van der Waals surface area contributed by atoms with Gasteiger partial charge < -0.3 is 5.11 Å². The maximum absolute atomic E-state index is 10.4. The van der Waals surface area contributed by atoms with Gasteiger partial charge in [-0.2, -0.15) is 0 Å². The number of hydrogen-bond acceptors (Lipinski definition) is 3. The number of thiazole rings is 1. The van der Waals surface area contributed by atoms with Crippen molar-refractivity contribution in [1.29, 1.82) is 0 Å².